The van der Waals surface area contributed by atoms with E-state index in [1.165, 1.54) is 38.5 Å². The van der Waals surface area contributed by atoms with Crippen LogP contribution in [0.5, 0.6) is 0 Å². The zero-order chi connectivity index (χ0) is 11.3. The first-order valence-corrected chi connectivity index (χ1v) is 6.45. The van der Waals surface area contributed by atoms with Crippen molar-refractivity contribution >= 4 is 5.91 Å². The van der Waals surface area contributed by atoms with E-state index in [1.54, 1.807) is 6.92 Å². The van der Waals surface area contributed by atoms with Crippen molar-refractivity contribution in [2.75, 3.05) is 0 Å². The molecule has 0 heterocycles. The van der Waals surface area contributed by atoms with Crippen molar-refractivity contribution in [1.29, 1.82) is 0 Å². The summed E-state index contributed by atoms with van der Waals surface area (Å²) in [6, 6.07) is 0.922. The third-order valence-corrected chi connectivity index (χ3v) is 3.65. The Balaban J connectivity index is 2.64. The second-order valence-corrected chi connectivity index (χ2v) is 4.83. The lowest BCUT2D eigenvalue weighted by atomic mass is 10.0. The predicted molar refractivity (Wildman–Crippen MR) is 63.8 cm³/mol. The molecule has 0 N–H and O–H groups in total. The van der Waals surface area contributed by atoms with E-state index in [4.69, 9.17) is 0 Å². The molecular formula is C13H25NO. The highest BCUT2D eigenvalue weighted by atomic mass is 16.2. The second-order valence-electron chi connectivity index (χ2n) is 4.83. The molecule has 1 amide bonds. The normalized spacial score (nSPS) is 20.7. The molecule has 1 rings (SSSR count). The monoisotopic (exact) mass is 211 g/mol. The summed E-state index contributed by atoms with van der Waals surface area (Å²) < 4.78 is 0. The van der Waals surface area contributed by atoms with Gasteiger partial charge in [0.25, 0.3) is 0 Å². The first kappa shape index (κ1) is 12.5. The van der Waals surface area contributed by atoms with Gasteiger partial charge < -0.3 is 4.90 Å². The van der Waals surface area contributed by atoms with Gasteiger partial charge in [0.15, 0.2) is 0 Å². The maximum absolute atomic E-state index is 11.7. The first-order valence-electron chi connectivity index (χ1n) is 6.45. The summed E-state index contributed by atoms with van der Waals surface area (Å²) in [5, 5.41) is 0. The van der Waals surface area contributed by atoms with Crippen molar-refractivity contribution in [3.63, 3.8) is 0 Å². The fourth-order valence-corrected chi connectivity index (χ4v) is 2.66. The summed E-state index contributed by atoms with van der Waals surface area (Å²) in [4.78, 5) is 13.8. The molecule has 1 aliphatic rings. The molecule has 0 radical (unpaired) electrons. The summed E-state index contributed by atoms with van der Waals surface area (Å²) in [5.41, 5.74) is 0. The minimum Gasteiger partial charge on any atom is -0.337 e. The van der Waals surface area contributed by atoms with Gasteiger partial charge >= 0.3 is 0 Å². The number of nitrogens with zero attached hydrogens (tertiary/aromatic N) is 1. The van der Waals surface area contributed by atoms with Crippen LogP contribution < -0.4 is 0 Å². The number of hydrogen-bond acceptors (Lipinski definition) is 1. The van der Waals surface area contributed by atoms with Gasteiger partial charge in [0.05, 0.1) is 0 Å². The van der Waals surface area contributed by atoms with Gasteiger partial charge in [0.1, 0.15) is 0 Å². The Hall–Kier alpha value is -0.530. The molecule has 1 fully saturated rings. The van der Waals surface area contributed by atoms with E-state index < -0.39 is 0 Å². The Morgan fingerprint density at radius 2 is 1.80 bits per heavy atom. The molecule has 0 aliphatic heterocycles. The third-order valence-electron chi connectivity index (χ3n) is 3.65. The van der Waals surface area contributed by atoms with Crippen LogP contribution in [0.25, 0.3) is 0 Å². The van der Waals surface area contributed by atoms with Crippen molar-refractivity contribution in [2.24, 2.45) is 0 Å². The van der Waals surface area contributed by atoms with Crippen LogP contribution in [0, 0.1) is 0 Å². The highest BCUT2D eigenvalue weighted by Gasteiger charge is 2.25. The minimum absolute atomic E-state index is 0.260. The van der Waals surface area contributed by atoms with E-state index in [9.17, 15) is 4.79 Å². The van der Waals surface area contributed by atoms with E-state index in [2.05, 4.69) is 18.7 Å². The SMILES string of the molecule is CCC(C)N(C(C)=O)C1CCCCCC1. The van der Waals surface area contributed by atoms with E-state index in [0.717, 1.165) is 6.42 Å². The molecule has 2 heteroatoms. The fourth-order valence-electron chi connectivity index (χ4n) is 2.66. The number of carbonyl (C=O) groups excluding carboxylic acids is 1. The van der Waals surface area contributed by atoms with Crippen molar-refractivity contribution in [2.45, 2.75) is 77.8 Å². The summed E-state index contributed by atoms with van der Waals surface area (Å²) >= 11 is 0. The van der Waals surface area contributed by atoms with Gasteiger partial charge in [-0.3, -0.25) is 4.79 Å². The number of carbonyl (C=O) groups is 1. The van der Waals surface area contributed by atoms with Gasteiger partial charge in [0, 0.05) is 19.0 Å². The van der Waals surface area contributed by atoms with Crippen LogP contribution in [0.2, 0.25) is 0 Å². The van der Waals surface area contributed by atoms with Crippen LogP contribution in [-0.2, 0) is 4.79 Å². The van der Waals surface area contributed by atoms with Crippen LogP contribution in [0.4, 0.5) is 0 Å². The Bertz CT molecular complexity index is 195. The maximum atomic E-state index is 11.7. The van der Waals surface area contributed by atoms with E-state index in [-0.39, 0.29) is 5.91 Å². The first-order chi connectivity index (χ1) is 7.16. The van der Waals surface area contributed by atoms with E-state index in [0.29, 0.717) is 12.1 Å². The largest absolute Gasteiger partial charge is 0.337 e. The van der Waals surface area contributed by atoms with Gasteiger partial charge in [-0.05, 0) is 26.2 Å². The summed E-state index contributed by atoms with van der Waals surface area (Å²) in [6.07, 6.45) is 8.78. The number of amides is 1. The second kappa shape index (κ2) is 6.14. The van der Waals surface area contributed by atoms with Crippen molar-refractivity contribution in [3.05, 3.63) is 0 Å². The van der Waals surface area contributed by atoms with Crippen molar-refractivity contribution < 1.29 is 4.79 Å². The molecule has 2 nitrogen and oxygen atoms in total. The minimum atomic E-state index is 0.260. The molecule has 0 aromatic heterocycles. The zero-order valence-corrected chi connectivity index (χ0v) is 10.5. The zero-order valence-electron chi connectivity index (χ0n) is 10.5. The molecule has 0 aromatic rings. The predicted octanol–water partition coefficient (Wildman–Crippen LogP) is 3.36. The lowest BCUT2D eigenvalue weighted by molar-refractivity contribution is -0.133. The summed E-state index contributed by atoms with van der Waals surface area (Å²) in [5.74, 6) is 0.260. The summed E-state index contributed by atoms with van der Waals surface area (Å²) in [7, 11) is 0. The van der Waals surface area contributed by atoms with Crippen LogP contribution in [0.3, 0.4) is 0 Å². The van der Waals surface area contributed by atoms with Gasteiger partial charge in [-0.2, -0.15) is 0 Å². The molecule has 1 atom stereocenters. The van der Waals surface area contributed by atoms with E-state index in [1.807, 2.05) is 0 Å². The fraction of sp³-hybridized carbons (Fsp3) is 0.923. The van der Waals surface area contributed by atoms with E-state index >= 15 is 0 Å². The molecular weight excluding hydrogens is 186 g/mol. The molecule has 0 bridgehead atoms. The molecule has 0 saturated heterocycles. The average molecular weight is 211 g/mol. The Kier molecular flexibility index (Phi) is 5.13. The van der Waals surface area contributed by atoms with Crippen LogP contribution >= 0.6 is 0 Å². The Morgan fingerprint density at radius 3 is 2.20 bits per heavy atom. The topological polar surface area (TPSA) is 20.3 Å². The quantitative estimate of drug-likeness (QED) is 0.655. The lowest BCUT2D eigenvalue weighted by Crippen LogP contribution is -2.44. The highest BCUT2D eigenvalue weighted by molar-refractivity contribution is 5.74. The average Bonchev–Trinajstić information content (AvgIpc) is 2.46. The smallest absolute Gasteiger partial charge is 0.219 e. The molecule has 1 unspecified atom stereocenters. The Labute approximate surface area is 94.0 Å². The van der Waals surface area contributed by atoms with Gasteiger partial charge in [-0.25, -0.2) is 0 Å². The maximum Gasteiger partial charge on any atom is 0.219 e. The third kappa shape index (κ3) is 3.51. The molecule has 1 saturated carbocycles. The number of rotatable bonds is 3. The molecule has 88 valence electrons. The van der Waals surface area contributed by atoms with Crippen LogP contribution in [0.15, 0.2) is 0 Å². The molecule has 0 spiro atoms. The lowest BCUT2D eigenvalue weighted by Gasteiger charge is -2.35. The van der Waals surface area contributed by atoms with Crippen molar-refractivity contribution in [1.82, 2.24) is 4.90 Å². The highest BCUT2D eigenvalue weighted by Crippen LogP contribution is 2.24. The standard InChI is InChI=1S/C13H25NO/c1-4-11(2)14(12(3)15)13-9-7-5-6-8-10-13/h11,13H,4-10H2,1-3H3. The molecule has 1 aliphatic carbocycles. The molecule has 0 aromatic carbocycles. The number of hydrogen-bond donors (Lipinski definition) is 0. The van der Waals surface area contributed by atoms with Gasteiger partial charge in [0.2, 0.25) is 5.91 Å². The van der Waals surface area contributed by atoms with Crippen LogP contribution in [-0.4, -0.2) is 22.9 Å². The van der Waals surface area contributed by atoms with Gasteiger partial charge in [-0.15, -0.1) is 0 Å². The van der Waals surface area contributed by atoms with Crippen LogP contribution in [0.1, 0.15) is 65.7 Å². The summed E-state index contributed by atoms with van der Waals surface area (Å²) in [6.45, 7) is 6.06. The van der Waals surface area contributed by atoms with Crippen molar-refractivity contribution in [3.8, 4) is 0 Å². The Morgan fingerprint density at radius 1 is 1.27 bits per heavy atom. The molecule has 15 heavy (non-hydrogen) atoms. The van der Waals surface area contributed by atoms with Gasteiger partial charge in [-0.1, -0.05) is 32.6 Å².